The highest BCUT2D eigenvalue weighted by atomic mass is 16.5. The molecule has 1 saturated heterocycles. The van der Waals surface area contributed by atoms with E-state index in [0.717, 1.165) is 0 Å². The van der Waals surface area contributed by atoms with Crippen LogP contribution in [0.5, 0.6) is 0 Å². The number of rotatable bonds is 0. The van der Waals surface area contributed by atoms with Crippen LogP contribution in [0.15, 0.2) is 16.8 Å². The molecule has 0 amide bonds. The van der Waals surface area contributed by atoms with Crippen LogP contribution in [0.2, 0.25) is 0 Å². The molecule has 1 unspecified atom stereocenters. The van der Waals surface area contributed by atoms with Gasteiger partial charge >= 0.3 is 5.97 Å². The van der Waals surface area contributed by atoms with E-state index in [0.29, 0.717) is 12.2 Å². The number of aliphatic imine (C=N–C) groups is 1. The average Bonchev–Trinajstić information content (AvgIpc) is 2.22. The summed E-state index contributed by atoms with van der Waals surface area (Å²) >= 11 is 0. The van der Waals surface area contributed by atoms with Gasteiger partial charge in [0.05, 0.1) is 6.42 Å². The lowest BCUT2D eigenvalue weighted by Gasteiger charge is -1.92. The van der Waals surface area contributed by atoms with Gasteiger partial charge in [0.25, 0.3) is 0 Å². The second-order valence-corrected chi connectivity index (χ2v) is 2.06. The maximum Gasteiger partial charge on any atom is 0.313 e. The van der Waals surface area contributed by atoms with Crippen molar-refractivity contribution in [2.45, 2.75) is 12.5 Å². The van der Waals surface area contributed by atoms with E-state index in [4.69, 9.17) is 4.74 Å². The molecule has 1 fully saturated rings. The maximum atomic E-state index is 10.5. The largest absolute Gasteiger partial charge is 0.429 e. The fourth-order valence-corrected chi connectivity index (χ4v) is 0.991. The Morgan fingerprint density at radius 3 is 3.44 bits per heavy atom. The molecule has 0 spiro atoms. The molecule has 46 valence electrons. The van der Waals surface area contributed by atoms with Crippen molar-refractivity contribution in [3.8, 4) is 0 Å². The molecule has 3 nitrogen and oxygen atoms in total. The first-order valence-corrected chi connectivity index (χ1v) is 2.80. The third-order valence-electron chi connectivity index (χ3n) is 1.42. The lowest BCUT2D eigenvalue weighted by atomic mass is 10.2. The van der Waals surface area contributed by atoms with Crippen molar-refractivity contribution < 1.29 is 9.53 Å². The van der Waals surface area contributed by atoms with Crippen LogP contribution in [0.3, 0.4) is 0 Å². The maximum absolute atomic E-state index is 10.5. The zero-order valence-electron chi connectivity index (χ0n) is 4.70. The van der Waals surface area contributed by atoms with E-state index in [9.17, 15) is 4.79 Å². The summed E-state index contributed by atoms with van der Waals surface area (Å²) in [6, 6.07) is 0.0116. The zero-order valence-corrected chi connectivity index (χ0v) is 4.70. The topological polar surface area (TPSA) is 38.7 Å². The van der Waals surface area contributed by atoms with Crippen LogP contribution in [0.25, 0.3) is 0 Å². The van der Waals surface area contributed by atoms with Crippen LogP contribution in [0.4, 0.5) is 0 Å². The molecule has 0 aromatic carbocycles. The lowest BCUT2D eigenvalue weighted by Crippen LogP contribution is -1.95. The number of fused-ring (bicyclic) bond motifs is 1. The number of hydrogen-bond acceptors (Lipinski definition) is 3. The molecule has 2 rings (SSSR count). The van der Waals surface area contributed by atoms with Crippen LogP contribution in [0.1, 0.15) is 6.42 Å². The van der Waals surface area contributed by atoms with E-state index in [1.807, 2.05) is 0 Å². The standard InChI is InChI=1S/C6H5NO2/c8-6-3-4-5(9-6)1-2-7-4/h1-2,4H,3H2. The fourth-order valence-electron chi connectivity index (χ4n) is 0.991. The van der Waals surface area contributed by atoms with E-state index in [1.54, 1.807) is 12.3 Å². The second-order valence-electron chi connectivity index (χ2n) is 2.06. The van der Waals surface area contributed by atoms with Crippen LogP contribution >= 0.6 is 0 Å². The normalized spacial score (nSPS) is 30.0. The van der Waals surface area contributed by atoms with Crippen molar-refractivity contribution in [1.29, 1.82) is 0 Å². The Balaban J connectivity index is 2.30. The molecule has 0 aliphatic carbocycles. The molecule has 2 aliphatic rings. The minimum Gasteiger partial charge on any atom is -0.429 e. The molecular formula is C6H5NO2. The van der Waals surface area contributed by atoms with E-state index < -0.39 is 0 Å². The molecule has 0 bridgehead atoms. The van der Waals surface area contributed by atoms with E-state index in [1.165, 1.54) is 0 Å². The van der Waals surface area contributed by atoms with Crippen molar-refractivity contribution in [3.05, 3.63) is 11.8 Å². The predicted molar refractivity (Wildman–Crippen MR) is 31.1 cm³/mol. The van der Waals surface area contributed by atoms with Crippen molar-refractivity contribution in [2.75, 3.05) is 0 Å². The van der Waals surface area contributed by atoms with Gasteiger partial charge < -0.3 is 4.74 Å². The Bertz CT molecular complexity index is 217. The number of hydrogen-bond donors (Lipinski definition) is 0. The van der Waals surface area contributed by atoms with Crippen LogP contribution in [0, 0.1) is 0 Å². The predicted octanol–water partition coefficient (Wildman–Crippen LogP) is 0.270. The summed E-state index contributed by atoms with van der Waals surface area (Å²) in [5, 5.41) is 0. The van der Waals surface area contributed by atoms with Crippen LogP contribution in [-0.4, -0.2) is 18.2 Å². The van der Waals surface area contributed by atoms with E-state index in [-0.39, 0.29) is 12.0 Å². The molecule has 1 atom stereocenters. The molecule has 9 heavy (non-hydrogen) atoms. The Morgan fingerprint density at radius 2 is 2.67 bits per heavy atom. The fraction of sp³-hybridized carbons (Fsp3) is 0.333. The van der Waals surface area contributed by atoms with Gasteiger partial charge in [-0.2, -0.15) is 0 Å². The molecule has 0 saturated carbocycles. The summed E-state index contributed by atoms with van der Waals surface area (Å²) in [6.45, 7) is 0. The molecular weight excluding hydrogens is 118 g/mol. The van der Waals surface area contributed by atoms with Gasteiger partial charge in [-0.3, -0.25) is 9.79 Å². The van der Waals surface area contributed by atoms with Gasteiger partial charge in [-0.1, -0.05) is 0 Å². The number of carbonyl (C=O) groups is 1. The monoisotopic (exact) mass is 123 g/mol. The number of esters is 1. The van der Waals surface area contributed by atoms with Crippen molar-refractivity contribution >= 4 is 12.2 Å². The Hall–Kier alpha value is -1.12. The molecule has 2 heterocycles. The van der Waals surface area contributed by atoms with Gasteiger partial charge in [0.15, 0.2) is 0 Å². The van der Waals surface area contributed by atoms with Gasteiger partial charge in [-0.05, 0) is 6.08 Å². The summed E-state index contributed by atoms with van der Waals surface area (Å²) in [5.41, 5.74) is 0. The van der Waals surface area contributed by atoms with Crippen LogP contribution < -0.4 is 0 Å². The van der Waals surface area contributed by atoms with Gasteiger partial charge in [0, 0.05) is 6.21 Å². The SMILES string of the molecule is O=C1CC2N=CC=C2O1. The summed E-state index contributed by atoms with van der Waals surface area (Å²) in [5.74, 6) is 0.545. The summed E-state index contributed by atoms with van der Waals surface area (Å²) < 4.78 is 4.78. The van der Waals surface area contributed by atoms with Gasteiger partial charge in [0.2, 0.25) is 0 Å². The number of allylic oxidation sites excluding steroid dienone is 1. The molecule has 0 aromatic heterocycles. The minimum absolute atomic E-state index is 0.0116. The Kier molecular flexibility index (Phi) is 0.754. The molecule has 0 aromatic rings. The summed E-state index contributed by atoms with van der Waals surface area (Å²) in [6.07, 6.45) is 3.82. The minimum atomic E-state index is -0.164. The zero-order chi connectivity index (χ0) is 6.27. The number of carbonyl (C=O) groups excluding carboxylic acids is 1. The first kappa shape index (κ1) is 4.73. The molecule has 0 N–H and O–H groups in total. The third kappa shape index (κ3) is 0.575. The van der Waals surface area contributed by atoms with Crippen LogP contribution in [-0.2, 0) is 9.53 Å². The third-order valence-corrected chi connectivity index (χ3v) is 1.42. The van der Waals surface area contributed by atoms with Crippen molar-refractivity contribution in [2.24, 2.45) is 4.99 Å². The first-order valence-electron chi connectivity index (χ1n) is 2.80. The van der Waals surface area contributed by atoms with E-state index in [2.05, 4.69) is 4.99 Å². The summed E-state index contributed by atoms with van der Waals surface area (Å²) in [4.78, 5) is 14.5. The number of nitrogens with zero attached hydrogens (tertiary/aromatic N) is 1. The van der Waals surface area contributed by atoms with Gasteiger partial charge in [-0.15, -0.1) is 0 Å². The Morgan fingerprint density at radius 1 is 1.78 bits per heavy atom. The van der Waals surface area contributed by atoms with Gasteiger partial charge in [0.1, 0.15) is 11.8 Å². The second kappa shape index (κ2) is 1.43. The summed E-state index contributed by atoms with van der Waals surface area (Å²) in [7, 11) is 0. The Labute approximate surface area is 52.0 Å². The molecule has 2 aliphatic heterocycles. The smallest absolute Gasteiger partial charge is 0.313 e. The molecule has 0 radical (unpaired) electrons. The highest BCUT2D eigenvalue weighted by Crippen LogP contribution is 2.24. The molecule has 3 heteroatoms. The van der Waals surface area contributed by atoms with Gasteiger partial charge in [-0.25, -0.2) is 0 Å². The quantitative estimate of drug-likeness (QED) is 0.433. The van der Waals surface area contributed by atoms with E-state index >= 15 is 0 Å². The van der Waals surface area contributed by atoms with Crippen molar-refractivity contribution in [3.63, 3.8) is 0 Å². The number of ether oxygens (including phenoxy) is 1. The lowest BCUT2D eigenvalue weighted by molar-refractivity contribution is -0.135. The first-order chi connectivity index (χ1) is 4.36. The highest BCUT2D eigenvalue weighted by molar-refractivity contribution is 5.83. The van der Waals surface area contributed by atoms with Crippen molar-refractivity contribution in [1.82, 2.24) is 0 Å². The highest BCUT2D eigenvalue weighted by Gasteiger charge is 2.30. The average molecular weight is 123 g/mol.